The van der Waals surface area contributed by atoms with Crippen molar-refractivity contribution in [3.05, 3.63) is 40.9 Å². The summed E-state index contributed by atoms with van der Waals surface area (Å²) in [5.41, 5.74) is 6.92. The molecule has 108 valence electrons. The van der Waals surface area contributed by atoms with Crippen molar-refractivity contribution in [1.29, 1.82) is 0 Å². The van der Waals surface area contributed by atoms with Crippen LogP contribution in [0, 0.1) is 5.92 Å². The molecule has 1 heterocycles. The molecule has 1 aliphatic heterocycles. The van der Waals surface area contributed by atoms with Crippen molar-refractivity contribution >= 4 is 23.6 Å². The number of nitrogens with zero attached hydrogens (tertiary/aromatic N) is 1. The number of piperidine rings is 1. The molecule has 1 aromatic carbocycles. The number of hydrogen-bond donors (Lipinski definition) is 1. The normalized spacial score (nSPS) is 21.1. The van der Waals surface area contributed by atoms with E-state index in [4.69, 9.17) is 17.3 Å². The van der Waals surface area contributed by atoms with Gasteiger partial charge in [-0.25, -0.2) is 0 Å². The number of likely N-dealkylation sites (tertiary alicyclic amines) is 1. The van der Waals surface area contributed by atoms with Crippen LogP contribution in [0.2, 0.25) is 5.02 Å². The average molecular weight is 293 g/mol. The Balaban J connectivity index is 1.95. The lowest BCUT2D eigenvalue weighted by Gasteiger charge is -2.34. The maximum Gasteiger partial charge on any atom is 0.246 e. The number of halogens is 1. The largest absolute Gasteiger partial charge is 0.339 e. The van der Waals surface area contributed by atoms with Gasteiger partial charge in [0.15, 0.2) is 0 Å². The summed E-state index contributed by atoms with van der Waals surface area (Å²) in [5.74, 6) is 0.474. The summed E-state index contributed by atoms with van der Waals surface area (Å²) in [6.07, 6.45) is 5.61. The van der Waals surface area contributed by atoms with E-state index in [0.29, 0.717) is 10.9 Å². The van der Waals surface area contributed by atoms with E-state index in [1.807, 2.05) is 42.2 Å². The Morgan fingerprint density at radius 3 is 2.80 bits per heavy atom. The molecule has 0 bridgehead atoms. The summed E-state index contributed by atoms with van der Waals surface area (Å²) in [4.78, 5) is 14.1. The SMILES string of the molecule is C[C@H](N)[C@H]1CCCN(C(=O)/C=C\c2ccc(Cl)cc2)C1. The van der Waals surface area contributed by atoms with E-state index in [1.54, 1.807) is 6.08 Å². The number of benzene rings is 1. The lowest BCUT2D eigenvalue weighted by Crippen LogP contribution is -2.44. The summed E-state index contributed by atoms with van der Waals surface area (Å²) in [6.45, 7) is 3.61. The standard InChI is InChI=1S/C16H21ClN2O/c1-12(18)14-3-2-10-19(11-14)16(20)9-6-13-4-7-15(17)8-5-13/h4-9,12,14H,2-3,10-11,18H2,1H3/b9-6-/t12-,14-/m0/s1. The number of rotatable bonds is 3. The lowest BCUT2D eigenvalue weighted by molar-refractivity contribution is -0.127. The van der Waals surface area contributed by atoms with Gasteiger partial charge in [-0.1, -0.05) is 23.7 Å². The predicted octanol–water partition coefficient (Wildman–Crippen LogP) is 2.94. The maximum atomic E-state index is 12.2. The van der Waals surface area contributed by atoms with Crippen LogP contribution in [0.4, 0.5) is 0 Å². The van der Waals surface area contributed by atoms with Gasteiger partial charge in [-0.2, -0.15) is 0 Å². The van der Waals surface area contributed by atoms with Gasteiger partial charge in [0.1, 0.15) is 0 Å². The maximum absolute atomic E-state index is 12.2. The minimum atomic E-state index is 0.0605. The van der Waals surface area contributed by atoms with Gasteiger partial charge in [0.2, 0.25) is 5.91 Å². The minimum absolute atomic E-state index is 0.0605. The second-order valence-corrected chi connectivity index (χ2v) is 5.87. The van der Waals surface area contributed by atoms with Gasteiger partial charge < -0.3 is 10.6 Å². The zero-order valence-electron chi connectivity index (χ0n) is 11.8. The lowest BCUT2D eigenvalue weighted by atomic mass is 9.92. The van der Waals surface area contributed by atoms with E-state index in [9.17, 15) is 4.79 Å². The van der Waals surface area contributed by atoms with E-state index in [-0.39, 0.29) is 11.9 Å². The van der Waals surface area contributed by atoms with Crippen LogP contribution in [0.1, 0.15) is 25.3 Å². The first-order valence-corrected chi connectivity index (χ1v) is 7.42. The highest BCUT2D eigenvalue weighted by Gasteiger charge is 2.24. The molecule has 2 atom stereocenters. The smallest absolute Gasteiger partial charge is 0.246 e. The Kier molecular flexibility index (Phi) is 5.21. The Morgan fingerprint density at radius 2 is 2.15 bits per heavy atom. The Labute approximate surface area is 125 Å². The van der Waals surface area contributed by atoms with Crippen LogP contribution in [0.5, 0.6) is 0 Å². The Bertz CT molecular complexity index is 482. The molecule has 0 spiro atoms. The predicted molar refractivity (Wildman–Crippen MR) is 83.4 cm³/mol. The first-order valence-electron chi connectivity index (χ1n) is 7.04. The van der Waals surface area contributed by atoms with Gasteiger partial charge in [-0.15, -0.1) is 0 Å². The van der Waals surface area contributed by atoms with Gasteiger partial charge >= 0.3 is 0 Å². The summed E-state index contributed by atoms with van der Waals surface area (Å²) in [5, 5.41) is 0.698. The molecule has 2 N–H and O–H groups in total. The van der Waals surface area contributed by atoms with Crippen molar-refractivity contribution in [2.45, 2.75) is 25.8 Å². The summed E-state index contributed by atoms with van der Waals surface area (Å²) < 4.78 is 0. The molecule has 0 saturated carbocycles. The van der Waals surface area contributed by atoms with Gasteiger partial charge in [0.05, 0.1) is 0 Å². The van der Waals surface area contributed by atoms with Crippen LogP contribution in [-0.2, 0) is 4.79 Å². The first kappa shape index (κ1) is 15.1. The van der Waals surface area contributed by atoms with Gasteiger partial charge in [0.25, 0.3) is 0 Å². The Morgan fingerprint density at radius 1 is 1.45 bits per heavy atom. The van der Waals surface area contributed by atoms with E-state index < -0.39 is 0 Å². The van der Waals surface area contributed by atoms with Crippen LogP contribution >= 0.6 is 11.6 Å². The first-order chi connectivity index (χ1) is 9.56. The number of carbonyl (C=O) groups is 1. The molecule has 1 aliphatic rings. The van der Waals surface area contributed by atoms with Crippen LogP contribution in [0.3, 0.4) is 0 Å². The summed E-state index contributed by atoms with van der Waals surface area (Å²) >= 11 is 5.83. The van der Waals surface area contributed by atoms with Crippen molar-refractivity contribution in [2.75, 3.05) is 13.1 Å². The minimum Gasteiger partial charge on any atom is -0.339 e. The van der Waals surface area contributed by atoms with Crippen LogP contribution < -0.4 is 5.73 Å². The molecule has 3 nitrogen and oxygen atoms in total. The van der Waals surface area contributed by atoms with Crippen LogP contribution in [0.15, 0.2) is 30.3 Å². The second-order valence-electron chi connectivity index (χ2n) is 5.43. The van der Waals surface area contributed by atoms with Crippen LogP contribution in [0.25, 0.3) is 6.08 Å². The highest BCUT2D eigenvalue weighted by atomic mass is 35.5. The van der Waals surface area contributed by atoms with E-state index in [1.165, 1.54) is 0 Å². The fourth-order valence-corrected chi connectivity index (χ4v) is 2.61. The summed E-state index contributed by atoms with van der Waals surface area (Å²) in [6, 6.07) is 7.57. The quantitative estimate of drug-likeness (QED) is 0.871. The van der Waals surface area contributed by atoms with Crippen LogP contribution in [-0.4, -0.2) is 29.9 Å². The van der Waals surface area contributed by atoms with Gasteiger partial charge in [-0.3, -0.25) is 4.79 Å². The molecule has 1 amide bonds. The highest BCUT2D eigenvalue weighted by molar-refractivity contribution is 6.30. The molecule has 0 radical (unpaired) electrons. The zero-order valence-corrected chi connectivity index (χ0v) is 12.5. The number of nitrogens with two attached hydrogens (primary N) is 1. The van der Waals surface area contributed by atoms with E-state index in [2.05, 4.69) is 0 Å². The molecular formula is C16H21ClN2O. The fraction of sp³-hybridized carbons (Fsp3) is 0.438. The number of amides is 1. The molecule has 1 aromatic rings. The van der Waals surface area contributed by atoms with Gasteiger partial charge in [0, 0.05) is 30.2 Å². The monoisotopic (exact) mass is 292 g/mol. The number of hydrogen-bond acceptors (Lipinski definition) is 2. The molecule has 2 rings (SSSR count). The molecule has 1 fully saturated rings. The van der Waals surface area contributed by atoms with Crippen molar-refractivity contribution in [2.24, 2.45) is 11.7 Å². The van der Waals surface area contributed by atoms with Gasteiger partial charge in [-0.05, 0) is 49.5 Å². The zero-order chi connectivity index (χ0) is 14.5. The van der Waals surface area contributed by atoms with E-state index >= 15 is 0 Å². The molecule has 0 aromatic heterocycles. The third-order valence-corrected chi connectivity index (χ3v) is 4.05. The molecule has 4 heteroatoms. The second kappa shape index (κ2) is 6.91. The third kappa shape index (κ3) is 4.09. The van der Waals surface area contributed by atoms with Crippen molar-refractivity contribution in [1.82, 2.24) is 4.90 Å². The molecule has 1 saturated heterocycles. The Hall–Kier alpha value is -1.32. The van der Waals surface area contributed by atoms with Crippen molar-refractivity contribution in [3.63, 3.8) is 0 Å². The number of carbonyl (C=O) groups excluding carboxylic acids is 1. The van der Waals surface area contributed by atoms with E-state index in [0.717, 1.165) is 31.5 Å². The molecule has 0 aliphatic carbocycles. The molecular weight excluding hydrogens is 272 g/mol. The topological polar surface area (TPSA) is 46.3 Å². The summed E-state index contributed by atoms with van der Waals surface area (Å²) in [7, 11) is 0. The average Bonchev–Trinajstić information content (AvgIpc) is 2.46. The molecule has 0 unspecified atom stereocenters. The highest BCUT2D eigenvalue weighted by Crippen LogP contribution is 2.19. The third-order valence-electron chi connectivity index (χ3n) is 3.80. The fourth-order valence-electron chi connectivity index (χ4n) is 2.49. The molecule has 20 heavy (non-hydrogen) atoms. The van der Waals surface area contributed by atoms with Crippen molar-refractivity contribution in [3.8, 4) is 0 Å². The van der Waals surface area contributed by atoms with Crippen molar-refractivity contribution < 1.29 is 4.79 Å².